The largest absolute Gasteiger partial charge is 0.270 e. The average molecular weight is 176 g/mol. The molecule has 0 amide bonds. The Balaban J connectivity index is 2.55. The van der Waals surface area contributed by atoms with E-state index in [0.29, 0.717) is 0 Å². The maximum absolute atomic E-state index is 4.33. The molecular formula is C9H12N4. The second-order valence-electron chi connectivity index (χ2n) is 3.09. The van der Waals surface area contributed by atoms with E-state index in [1.165, 1.54) is 0 Å². The molecule has 0 N–H and O–H groups in total. The first-order valence-corrected chi connectivity index (χ1v) is 4.46. The second-order valence-corrected chi connectivity index (χ2v) is 3.09. The summed E-state index contributed by atoms with van der Waals surface area (Å²) in [6, 6.07) is 0. The Hall–Kier alpha value is -1.45. The Labute approximate surface area is 76.6 Å². The van der Waals surface area contributed by atoms with E-state index >= 15 is 0 Å². The molecule has 0 saturated carbocycles. The quantitative estimate of drug-likeness (QED) is 0.697. The molecule has 2 aromatic rings. The molecule has 0 fully saturated rings. The fourth-order valence-electron chi connectivity index (χ4n) is 1.35. The summed E-state index contributed by atoms with van der Waals surface area (Å²) < 4.78 is 1.92. The molecule has 0 saturated heterocycles. The summed E-state index contributed by atoms with van der Waals surface area (Å²) in [6.45, 7) is 5.04. The third kappa shape index (κ3) is 1.39. The molecule has 0 aliphatic rings. The monoisotopic (exact) mass is 176 g/mol. The highest BCUT2D eigenvalue weighted by Crippen LogP contribution is 2.11. The summed E-state index contributed by atoms with van der Waals surface area (Å²) in [4.78, 5) is 8.22. The molecule has 4 heteroatoms. The van der Waals surface area contributed by atoms with E-state index in [-0.39, 0.29) is 0 Å². The van der Waals surface area contributed by atoms with Crippen LogP contribution in [0.1, 0.15) is 19.0 Å². The lowest BCUT2D eigenvalue weighted by atomic mass is 10.3. The van der Waals surface area contributed by atoms with Gasteiger partial charge in [0, 0.05) is 12.7 Å². The number of rotatable bonds is 2. The summed E-state index contributed by atoms with van der Waals surface area (Å²) in [7, 11) is 0. The van der Waals surface area contributed by atoms with Crippen LogP contribution in [0.25, 0.3) is 11.0 Å². The van der Waals surface area contributed by atoms with E-state index in [4.69, 9.17) is 0 Å². The van der Waals surface area contributed by atoms with Crippen LogP contribution in [0.3, 0.4) is 0 Å². The molecule has 0 aliphatic carbocycles. The molecule has 68 valence electrons. The molecule has 0 bridgehead atoms. The number of aromatic nitrogens is 4. The van der Waals surface area contributed by atoms with Crippen LogP contribution in [-0.4, -0.2) is 19.7 Å². The molecule has 2 heterocycles. The van der Waals surface area contributed by atoms with Crippen molar-refractivity contribution in [2.75, 3.05) is 0 Å². The Morgan fingerprint density at radius 1 is 1.38 bits per heavy atom. The second kappa shape index (κ2) is 3.12. The molecule has 0 aliphatic heterocycles. The lowest BCUT2D eigenvalue weighted by molar-refractivity contribution is 0.607. The molecule has 13 heavy (non-hydrogen) atoms. The lowest BCUT2D eigenvalue weighted by Crippen LogP contribution is -1.95. The van der Waals surface area contributed by atoms with Crippen LogP contribution >= 0.6 is 0 Å². The van der Waals surface area contributed by atoms with Crippen molar-refractivity contribution in [1.29, 1.82) is 0 Å². The van der Waals surface area contributed by atoms with Gasteiger partial charge in [0.15, 0.2) is 5.65 Å². The van der Waals surface area contributed by atoms with Crippen LogP contribution in [0.5, 0.6) is 0 Å². The number of hydrogen-bond acceptors (Lipinski definition) is 3. The van der Waals surface area contributed by atoms with Gasteiger partial charge >= 0.3 is 0 Å². The fourth-order valence-corrected chi connectivity index (χ4v) is 1.35. The van der Waals surface area contributed by atoms with E-state index in [2.05, 4.69) is 22.0 Å². The summed E-state index contributed by atoms with van der Waals surface area (Å²) >= 11 is 0. The van der Waals surface area contributed by atoms with Crippen LogP contribution in [0.2, 0.25) is 0 Å². The van der Waals surface area contributed by atoms with E-state index in [9.17, 15) is 0 Å². The van der Waals surface area contributed by atoms with Crippen molar-refractivity contribution in [2.24, 2.45) is 0 Å². The summed E-state index contributed by atoms with van der Waals surface area (Å²) in [5.74, 6) is 0. The van der Waals surface area contributed by atoms with Gasteiger partial charge in [0.2, 0.25) is 0 Å². The molecule has 2 rings (SSSR count). The van der Waals surface area contributed by atoms with Crippen LogP contribution in [0.15, 0.2) is 12.5 Å². The Morgan fingerprint density at radius 2 is 2.23 bits per heavy atom. The van der Waals surface area contributed by atoms with Gasteiger partial charge in [-0.1, -0.05) is 6.92 Å². The van der Waals surface area contributed by atoms with Gasteiger partial charge in [-0.25, -0.2) is 9.97 Å². The minimum atomic E-state index is 0.793. The Kier molecular flexibility index (Phi) is 1.96. The van der Waals surface area contributed by atoms with Crippen molar-refractivity contribution in [3.63, 3.8) is 0 Å². The topological polar surface area (TPSA) is 43.6 Å². The van der Waals surface area contributed by atoms with E-state index in [1.54, 1.807) is 6.33 Å². The predicted molar refractivity (Wildman–Crippen MR) is 50.4 cm³/mol. The van der Waals surface area contributed by atoms with Gasteiger partial charge in [0.05, 0.1) is 11.1 Å². The number of nitrogens with zero attached hydrogens (tertiary/aromatic N) is 4. The predicted octanol–water partition coefficient (Wildman–Crippen LogP) is 1.54. The van der Waals surface area contributed by atoms with Gasteiger partial charge in [-0.15, -0.1) is 0 Å². The maximum atomic E-state index is 4.33. The van der Waals surface area contributed by atoms with Crippen molar-refractivity contribution in [2.45, 2.75) is 26.8 Å². The molecule has 0 radical (unpaired) electrons. The fraction of sp³-hybridized carbons (Fsp3) is 0.444. The number of fused-ring (bicyclic) bond motifs is 1. The van der Waals surface area contributed by atoms with Crippen LogP contribution in [-0.2, 0) is 6.54 Å². The van der Waals surface area contributed by atoms with Gasteiger partial charge < -0.3 is 0 Å². The maximum Gasteiger partial charge on any atom is 0.184 e. The van der Waals surface area contributed by atoms with Gasteiger partial charge in [0.25, 0.3) is 0 Å². The van der Waals surface area contributed by atoms with E-state index in [0.717, 1.165) is 29.7 Å². The zero-order valence-electron chi connectivity index (χ0n) is 7.86. The zero-order chi connectivity index (χ0) is 9.26. The highest BCUT2D eigenvalue weighted by molar-refractivity contribution is 5.75. The minimum absolute atomic E-state index is 0.793. The first-order chi connectivity index (χ1) is 6.31. The van der Waals surface area contributed by atoms with Crippen molar-refractivity contribution < 1.29 is 0 Å². The first kappa shape index (κ1) is 8.16. The summed E-state index contributed by atoms with van der Waals surface area (Å²) in [6.07, 6.45) is 4.65. The van der Waals surface area contributed by atoms with Gasteiger partial charge in [0.1, 0.15) is 6.33 Å². The van der Waals surface area contributed by atoms with Crippen LogP contribution < -0.4 is 0 Å². The van der Waals surface area contributed by atoms with E-state index < -0.39 is 0 Å². The summed E-state index contributed by atoms with van der Waals surface area (Å²) in [5.41, 5.74) is 1.79. The minimum Gasteiger partial charge on any atom is -0.270 e. The van der Waals surface area contributed by atoms with Gasteiger partial charge in [-0.3, -0.25) is 4.68 Å². The van der Waals surface area contributed by atoms with Crippen molar-refractivity contribution in [3.05, 3.63) is 18.2 Å². The zero-order valence-corrected chi connectivity index (χ0v) is 7.86. The number of hydrogen-bond donors (Lipinski definition) is 0. The highest BCUT2D eigenvalue weighted by atomic mass is 15.3. The summed E-state index contributed by atoms with van der Waals surface area (Å²) in [5, 5.41) is 5.38. The van der Waals surface area contributed by atoms with Crippen molar-refractivity contribution in [1.82, 2.24) is 19.7 Å². The first-order valence-electron chi connectivity index (χ1n) is 4.46. The third-order valence-corrected chi connectivity index (χ3v) is 2.02. The molecule has 0 aromatic carbocycles. The molecule has 0 spiro atoms. The third-order valence-electron chi connectivity index (χ3n) is 2.02. The molecule has 0 unspecified atom stereocenters. The Bertz CT molecular complexity index is 418. The Morgan fingerprint density at radius 3 is 2.92 bits per heavy atom. The number of aryl methyl sites for hydroxylation is 2. The van der Waals surface area contributed by atoms with Crippen molar-refractivity contribution in [3.8, 4) is 0 Å². The van der Waals surface area contributed by atoms with Crippen LogP contribution in [0.4, 0.5) is 0 Å². The van der Waals surface area contributed by atoms with Crippen molar-refractivity contribution >= 4 is 11.0 Å². The van der Waals surface area contributed by atoms with Gasteiger partial charge in [-0.05, 0) is 13.3 Å². The normalized spacial score (nSPS) is 10.9. The standard InChI is InChI=1S/C9H12N4/c1-3-4-13-5-8-7(2)10-6-11-9(8)12-13/h5-6H,3-4H2,1-2H3. The van der Waals surface area contributed by atoms with E-state index in [1.807, 2.05) is 17.8 Å². The van der Waals surface area contributed by atoms with Gasteiger partial charge in [-0.2, -0.15) is 5.10 Å². The lowest BCUT2D eigenvalue weighted by Gasteiger charge is -1.93. The molecule has 2 aromatic heterocycles. The average Bonchev–Trinajstić information content (AvgIpc) is 2.49. The molecule has 4 nitrogen and oxygen atoms in total. The molecular weight excluding hydrogens is 164 g/mol. The highest BCUT2D eigenvalue weighted by Gasteiger charge is 2.03. The SMILES string of the molecule is CCCn1cc2c(C)ncnc2n1. The smallest absolute Gasteiger partial charge is 0.184 e. The molecule has 0 atom stereocenters. The van der Waals surface area contributed by atoms with Crippen LogP contribution in [0, 0.1) is 6.92 Å².